The van der Waals surface area contributed by atoms with Gasteiger partial charge in [0.1, 0.15) is 24.0 Å². The van der Waals surface area contributed by atoms with E-state index in [-0.39, 0.29) is 35.2 Å². The number of amides is 1. The fourth-order valence-electron chi connectivity index (χ4n) is 2.83. The van der Waals surface area contributed by atoms with Crippen LogP contribution in [0.5, 0.6) is 0 Å². The Morgan fingerprint density at radius 1 is 1.37 bits per heavy atom. The van der Waals surface area contributed by atoms with Crippen LogP contribution in [0.2, 0.25) is 0 Å². The second-order valence-corrected chi connectivity index (χ2v) is 6.80. The Kier molecular flexibility index (Phi) is 4.99. The summed E-state index contributed by atoms with van der Waals surface area (Å²) in [5, 5.41) is 7.85. The fraction of sp³-hybridized carbons (Fsp3) is 0.294. The first-order chi connectivity index (χ1) is 13.1. The second kappa shape index (κ2) is 7.57. The number of morpholine rings is 1. The Balaban J connectivity index is 1.42. The lowest BCUT2D eigenvalue weighted by Gasteiger charge is -2.32. The van der Waals surface area contributed by atoms with Crippen molar-refractivity contribution in [1.29, 1.82) is 0 Å². The number of aromatic nitrogens is 4. The molecule has 0 aliphatic carbocycles. The summed E-state index contributed by atoms with van der Waals surface area (Å²) in [5.74, 6) is -0.947. The van der Waals surface area contributed by atoms with E-state index in [2.05, 4.69) is 31.2 Å². The third kappa shape index (κ3) is 3.62. The number of hydrogen-bond donors (Lipinski definition) is 0. The summed E-state index contributed by atoms with van der Waals surface area (Å²) in [6.07, 6.45) is 1.25. The molecule has 27 heavy (non-hydrogen) atoms. The lowest BCUT2D eigenvalue weighted by atomic mass is 10.1. The molecule has 0 spiro atoms. The highest BCUT2D eigenvalue weighted by atomic mass is 79.9. The van der Waals surface area contributed by atoms with Gasteiger partial charge in [-0.15, -0.1) is 5.10 Å². The van der Waals surface area contributed by atoms with Crippen molar-refractivity contribution in [1.82, 2.24) is 25.0 Å². The van der Waals surface area contributed by atoms with E-state index in [0.29, 0.717) is 24.3 Å². The number of halogens is 2. The van der Waals surface area contributed by atoms with Gasteiger partial charge in [0.25, 0.3) is 5.91 Å². The molecule has 2 aromatic heterocycles. The smallest absolute Gasteiger partial charge is 0.257 e. The number of benzene rings is 1. The number of carbonyl (C=O) groups excluding carboxylic acids is 1. The summed E-state index contributed by atoms with van der Waals surface area (Å²) in [7, 11) is 0. The number of rotatable bonds is 4. The van der Waals surface area contributed by atoms with Gasteiger partial charge in [0.15, 0.2) is 0 Å². The lowest BCUT2D eigenvalue weighted by molar-refractivity contribution is -0.0681. The van der Waals surface area contributed by atoms with Gasteiger partial charge in [-0.2, -0.15) is 0 Å². The van der Waals surface area contributed by atoms with E-state index in [1.807, 2.05) is 0 Å². The molecule has 0 bridgehead atoms. The Morgan fingerprint density at radius 3 is 3.15 bits per heavy atom. The van der Waals surface area contributed by atoms with Crippen molar-refractivity contribution in [3.05, 3.63) is 52.4 Å². The van der Waals surface area contributed by atoms with Gasteiger partial charge in [0, 0.05) is 12.7 Å². The number of carbonyl (C=O) groups is 1. The quantitative estimate of drug-likeness (QED) is 0.620. The van der Waals surface area contributed by atoms with Crippen LogP contribution in [0, 0.1) is 5.82 Å². The average molecular weight is 436 g/mol. The van der Waals surface area contributed by atoms with E-state index in [1.54, 1.807) is 35.4 Å². The fourth-order valence-corrected chi connectivity index (χ4v) is 3.20. The van der Waals surface area contributed by atoms with Gasteiger partial charge < -0.3 is 14.5 Å². The van der Waals surface area contributed by atoms with Crippen LogP contribution in [0.15, 0.2) is 41.0 Å². The van der Waals surface area contributed by atoms with Crippen molar-refractivity contribution < 1.29 is 18.8 Å². The minimum absolute atomic E-state index is 0.0254. The molecule has 0 N–H and O–H groups in total. The van der Waals surface area contributed by atoms with Crippen LogP contribution in [-0.4, -0.2) is 63.4 Å². The van der Waals surface area contributed by atoms with Crippen LogP contribution in [0.25, 0.3) is 11.2 Å². The van der Waals surface area contributed by atoms with Crippen molar-refractivity contribution in [3.8, 4) is 0 Å². The Hall–Kier alpha value is -2.59. The van der Waals surface area contributed by atoms with Gasteiger partial charge in [0.2, 0.25) is 5.65 Å². The number of fused-ring (bicyclic) bond motifs is 1. The molecule has 1 fully saturated rings. The number of nitrogens with zero attached hydrogens (tertiary/aromatic N) is 5. The normalized spacial score (nSPS) is 17.3. The van der Waals surface area contributed by atoms with Gasteiger partial charge in [-0.3, -0.25) is 4.79 Å². The maximum absolute atomic E-state index is 14.2. The molecule has 1 amide bonds. The molecule has 1 saturated heterocycles. The largest absolute Gasteiger partial charge is 0.391 e. The highest BCUT2D eigenvalue weighted by Crippen LogP contribution is 2.21. The monoisotopic (exact) mass is 435 g/mol. The van der Waals surface area contributed by atoms with Gasteiger partial charge >= 0.3 is 0 Å². The first-order valence-electron chi connectivity index (χ1n) is 8.28. The van der Waals surface area contributed by atoms with Crippen molar-refractivity contribution in [2.24, 2.45) is 0 Å². The average Bonchev–Trinajstić information content (AvgIpc) is 3.11. The SMILES string of the molecule is O=C(c1cccc(Br)c1F)N1CCOC(COn2nnc3cccnc32)C1. The summed E-state index contributed by atoms with van der Waals surface area (Å²) in [4.78, 5) is 25.2. The van der Waals surface area contributed by atoms with E-state index in [0.717, 1.165) is 0 Å². The molecule has 0 radical (unpaired) electrons. The molecule has 4 rings (SSSR count). The van der Waals surface area contributed by atoms with Gasteiger partial charge in [-0.25, -0.2) is 9.37 Å². The third-order valence-corrected chi connectivity index (χ3v) is 4.78. The summed E-state index contributed by atoms with van der Waals surface area (Å²) in [6, 6.07) is 8.19. The van der Waals surface area contributed by atoms with Gasteiger partial charge in [0.05, 0.1) is 23.2 Å². The lowest BCUT2D eigenvalue weighted by Crippen LogP contribution is -2.48. The van der Waals surface area contributed by atoms with Crippen molar-refractivity contribution >= 4 is 33.0 Å². The third-order valence-electron chi connectivity index (χ3n) is 4.17. The van der Waals surface area contributed by atoms with Crippen LogP contribution in [0.1, 0.15) is 10.4 Å². The van der Waals surface area contributed by atoms with Crippen LogP contribution in [-0.2, 0) is 4.74 Å². The molecule has 1 unspecified atom stereocenters. The standard InChI is InChI=1S/C17H15BrFN5O3/c18-13-4-1-3-12(15(13)19)17(25)23-7-8-26-11(9-23)10-27-24-16-14(21-22-24)5-2-6-20-16/h1-6,11H,7-10H2. The van der Waals surface area contributed by atoms with Gasteiger partial charge in [-0.05, 0) is 45.4 Å². The summed E-state index contributed by atoms with van der Waals surface area (Å²) < 4.78 is 20.1. The second-order valence-electron chi connectivity index (χ2n) is 5.95. The van der Waals surface area contributed by atoms with Crippen LogP contribution in [0.3, 0.4) is 0 Å². The number of hydrogen-bond acceptors (Lipinski definition) is 6. The minimum Gasteiger partial charge on any atom is -0.391 e. The highest BCUT2D eigenvalue weighted by Gasteiger charge is 2.28. The maximum Gasteiger partial charge on any atom is 0.257 e. The zero-order chi connectivity index (χ0) is 18.8. The van der Waals surface area contributed by atoms with E-state index in [4.69, 9.17) is 9.57 Å². The zero-order valence-corrected chi connectivity index (χ0v) is 15.7. The summed E-state index contributed by atoms with van der Waals surface area (Å²) in [5.41, 5.74) is 1.14. The van der Waals surface area contributed by atoms with Gasteiger partial charge in [-0.1, -0.05) is 10.9 Å². The van der Waals surface area contributed by atoms with E-state index in [1.165, 1.54) is 10.9 Å². The molecule has 1 aromatic carbocycles. The van der Waals surface area contributed by atoms with Crippen molar-refractivity contribution in [2.45, 2.75) is 6.10 Å². The van der Waals surface area contributed by atoms with E-state index >= 15 is 0 Å². The molecule has 0 saturated carbocycles. The Bertz CT molecular complexity index is 982. The molecule has 1 aliphatic heterocycles. The molecular weight excluding hydrogens is 421 g/mol. The van der Waals surface area contributed by atoms with E-state index < -0.39 is 5.82 Å². The molecule has 1 atom stereocenters. The zero-order valence-electron chi connectivity index (χ0n) is 14.1. The van der Waals surface area contributed by atoms with Crippen molar-refractivity contribution in [2.75, 3.05) is 26.3 Å². The first-order valence-corrected chi connectivity index (χ1v) is 9.07. The minimum atomic E-state index is -0.568. The molecule has 1 aliphatic rings. The molecule has 140 valence electrons. The predicted molar refractivity (Wildman–Crippen MR) is 96.5 cm³/mol. The predicted octanol–water partition coefficient (Wildman–Crippen LogP) is 1.70. The Labute approximate surface area is 162 Å². The number of pyridine rings is 1. The topological polar surface area (TPSA) is 82.4 Å². The highest BCUT2D eigenvalue weighted by molar-refractivity contribution is 9.10. The first kappa shape index (κ1) is 17.8. The van der Waals surface area contributed by atoms with Crippen molar-refractivity contribution in [3.63, 3.8) is 0 Å². The molecule has 10 heteroatoms. The number of ether oxygens (including phenoxy) is 1. The van der Waals surface area contributed by atoms with E-state index in [9.17, 15) is 9.18 Å². The van der Waals surface area contributed by atoms with Crippen LogP contribution in [0.4, 0.5) is 4.39 Å². The van der Waals surface area contributed by atoms with Crippen LogP contribution < -0.4 is 4.84 Å². The maximum atomic E-state index is 14.2. The summed E-state index contributed by atoms with van der Waals surface area (Å²) >= 11 is 3.10. The summed E-state index contributed by atoms with van der Waals surface area (Å²) in [6.45, 7) is 1.16. The molecule has 3 heterocycles. The molecular formula is C17H15BrFN5O3. The molecule has 3 aromatic rings. The molecule has 8 nitrogen and oxygen atoms in total. The van der Waals surface area contributed by atoms with Crippen LogP contribution >= 0.6 is 15.9 Å². The Morgan fingerprint density at radius 2 is 2.26 bits per heavy atom.